The number of morpholine rings is 1. The average molecular weight is 180 g/mol. The third-order valence-electron chi connectivity index (χ3n) is 1.26. The van der Waals surface area contributed by atoms with E-state index in [2.05, 4.69) is 0 Å². The van der Waals surface area contributed by atoms with E-state index >= 15 is 0 Å². The van der Waals surface area contributed by atoms with Crippen molar-refractivity contribution in [2.24, 2.45) is 0 Å². The molecule has 0 spiro atoms. The molecule has 66 valence electrons. The van der Waals surface area contributed by atoms with E-state index < -0.39 is 0 Å². The highest BCUT2D eigenvalue weighted by Gasteiger charge is 2.13. The normalized spacial score (nSPS) is 16.8. The van der Waals surface area contributed by atoms with Crippen LogP contribution >= 0.6 is 11.6 Å². The van der Waals surface area contributed by atoms with Gasteiger partial charge in [-0.05, 0) is 11.6 Å². The van der Waals surface area contributed by atoms with Gasteiger partial charge < -0.3 is 9.64 Å². The first kappa shape index (κ1) is 10.7. The summed E-state index contributed by atoms with van der Waals surface area (Å²) >= 11 is 5.19. The second-order valence-corrected chi connectivity index (χ2v) is 2.18. The largest absolute Gasteiger partial charge is 0.378 e. The number of hydrogen-bond acceptors (Lipinski definition) is 2. The number of carbonyl (C=O) groups is 1. The van der Waals surface area contributed by atoms with E-state index in [9.17, 15) is 4.79 Å². The summed E-state index contributed by atoms with van der Waals surface area (Å²) in [6.07, 6.45) is 0. The summed E-state index contributed by atoms with van der Waals surface area (Å²) in [5.74, 6) is 0. The van der Waals surface area contributed by atoms with Crippen molar-refractivity contribution >= 4 is 17.0 Å². The Morgan fingerprint density at radius 3 is 2.09 bits per heavy atom. The van der Waals surface area contributed by atoms with Crippen molar-refractivity contribution < 1.29 is 9.53 Å². The molecule has 1 fully saturated rings. The molecule has 0 aromatic carbocycles. The first-order valence-electron chi connectivity index (χ1n) is 3.83. The Bertz CT molecular complexity index is 113. The van der Waals surface area contributed by atoms with E-state index in [0.717, 1.165) is 0 Å². The lowest BCUT2D eigenvalue weighted by atomic mass is 10.5. The van der Waals surface area contributed by atoms with E-state index in [1.54, 1.807) is 4.90 Å². The lowest BCUT2D eigenvalue weighted by Crippen LogP contribution is -2.37. The van der Waals surface area contributed by atoms with Crippen LogP contribution in [0.25, 0.3) is 0 Å². The van der Waals surface area contributed by atoms with E-state index in [4.69, 9.17) is 16.3 Å². The summed E-state index contributed by atoms with van der Waals surface area (Å²) in [6, 6.07) is 0. The van der Waals surface area contributed by atoms with Crippen LogP contribution in [-0.2, 0) is 4.74 Å². The standard InChI is InChI=1S/C5H8ClNO2.C2H6/c6-5(8)7-1-3-9-4-2-7;1-2/h1-4H2;1-2H3. The summed E-state index contributed by atoms with van der Waals surface area (Å²) < 4.78 is 5.00. The van der Waals surface area contributed by atoms with Crippen molar-refractivity contribution in [3.05, 3.63) is 0 Å². The number of rotatable bonds is 0. The molecule has 1 amide bonds. The van der Waals surface area contributed by atoms with Gasteiger partial charge in [0.2, 0.25) is 0 Å². The summed E-state index contributed by atoms with van der Waals surface area (Å²) in [5.41, 5.74) is 0. The van der Waals surface area contributed by atoms with E-state index in [-0.39, 0.29) is 5.37 Å². The molecule has 0 saturated carbocycles. The predicted molar refractivity (Wildman–Crippen MR) is 45.0 cm³/mol. The highest BCUT2D eigenvalue weighted by Crippen LogP contribution is 2.00. The molecule has 0 aromatic rings. The van der Waals surface area contributed by atoms with Gasteiger partial charge in [0, 0.05) is 13.1 Å². The van der Waals surface area contributed by atoms with E-state index in [0.29, 0.717) is 26.3 Å². The first-order chi connectivity index (χ1) is 5.30. The number of ether oxygens (including phenoxy) is 1. The van der Waals surface area contributed by atoms with Crippen molar-refractivity contribution in [2.75, 3.05) is 26.3 Å². The van der Waals surface area contributed by atoms with Crippen LogP contribution in [-0.4, -0.2) is 36.6 Å². The topological polar surface area (TPSA) is 29.5 Å². The molecule has 1 aliphatic rings. The Morgan fingerprint density at radius 1 is 1.36 bits per heavy atom. The van der Waals surface area contributed by atoms with Gasteiger partial charge in [-0.1, -0.05) is 13.8 Å². The van der Waals surface area contributed by atoms with Gasteiger partial charge in [-0.2, -0.15) is 0 Å². The van der Waals surface area contributed by atoms with Crippen LogP contribution in [0, 0.1) is 0 Å². The van der Waals surface area contributed by atoms with Crippen molar-refractivity contribution in [1.29, 1.82) is 0 Å². The van der Waals surface area contributed by atoms with Gasteiger partial charge in [0.05, 0.1) is 13.2 Å². The molecule has 0 N–H and O–H groups in total. The van der Waals surface area contributed by atoms with Crippen LogP contribution in [0.5, 0.6) is 0 Å². The molecular formula is C7H14ClNO2. The van der Waals surface area contributed by atoms with Crippen LogP contribution in [0.1, 0.15) is 13.8 Å². The highest BCUT2D eigenvalue weighted by atomic mass is 35.5. The molecule has 0 unspecified atom stereocenters. The van der Waals surface area contributed by atoms with E-state index in [1.807, 2.05) is 13.8 Å². The maximum Gasteiger partial charge on any atom is 0.316 e. The average Bonchev–Trinajstić information content (AvgIpc) is 2.10. The van der Waals surface area contributed by atoms with Crippen LogP contribution in [0.3, 0.4) is 0 Å². The maximum atomic E-state index is 10.4. The summed E-state index contributed by atoms with van der Waals surface area (Å²) in [7, 11) is 0. The second-order valence-electron chi connectivity index (χ2n) is 1.85. The first-order valence-corrected chi connectivity index (χ1v) is 4.20. The van der Waals surface area contributed by atoms with Crippen molar-refractivity contribution in [2.45, 2.75) is 13.8 Å². The van der Waals surface area contributed by atoms with Gasteiger partial charge in [-0.25, -0.2) is 0 Å². The molecule has 0 atom stereocenters. The SMILES string of the molecule is CC.O=C(Cl)N1CCOCC1. The molecule has 1 saturated heterocycles. The summed E-state index contributed by atoms with van der Waals surface area (Å²) in [4.78, 5) is 12.0. The predicted octanol–water partition coefficient (Wildman–Crippen LogP) is 1.70. The Labute approximate surface area is 72.3 Å². The van der Waals surface area contributed by atoms with Gasteiger partial charge >= 0.3 is 5.37 Å². The number of hydrogen-bond donors (Lipinski definition) is 0. The zero-order chi connectivity index (χ0) is 8.69. The van der Waals surface area contributed by atoms with E-state index in [1.165, 1.54) is 0 Å². The van der Waals surface area contributed by atoms with Crippen molar-refractivity contribution in [1.82, 2.24) is 4.90 Å². The zero-order valence-electron chi connectivity index (χ0n) is 6.97. The Balaban J connectivity index is 0.000000461. The quantitative estimate of drug-likeness (QED) is 0.419. The number of carbonyl (C=O) groups excluding carboxylic acids is 1. The molecule has 0 bridgehead atoms. The molecule has 3 nitrogen and oxygen atoms in total. The summed E-state index contributed by atoms with van der Waals surface area (Å²) in [5, 5.41) is -0.377. The third kappa shape index (κ3) is 4.22. The molecule has 0 radical (unpaired) electrons. The number of nitrogens with zero attached hydrogens (tertiary/aromatic N) is 1. The molecule has 0 aromatic heterocycles. The Hall–Kier alpha value is -0.280. The molecule has 0 aliphatic carbocycles. The van der Waals surface area contributed by atoms with Crippen LogP contribution in [0.4, 0.5) is 4.79 Å². The molecule has 1 rings (SSSR count). The maximum absolute atomic E-state index is 10.4. The fraction of sp³-hybridized carbons (Fsp3) is 0.857. The number of amides is 1. The minimum atomic E-state index is -0.377. The smallest absolute Gasteiger partial charge is 0.316 e. The van der Waals surface area contributed by atoms with Crippen LogP contribution in [0.15, 0.2) is 0 Å². The van der Waals surface area contributed by atoms with Gasteiger partial charge in [0.1, 0.15) is 0 Å². The van der Waals surface area contributed by atoms with Crippen LogP contribution < -0.4 is 0 Å². The van der Waals surface area contributed by atoms with Gasteiger partial charge in [-0.15, -0.1) is 0 Å². The zero-order valence-corrected chi connectivity index (χ0v) is 7.73. The van der Waals surface area contributed by atoms with Gasteiger partial charge in [0.25, 0.3) is 0 Å². The number of halogens is 1. The minimum Gasteiger partial charge on any atom is -0.378 e. The van der Waals surface area contributed by atoms with Crippen molar-refractivity contribution in [3.8, 4) is 0 Å². The molecule has 11 heavy (non-hydrogen) atoms. The molecule has 4 heteroatoms. The Kier molecular flexibility index (Phi) is 6.27. The fourth-order valence-electron chi connectivity index (χ4n) is 0.739. The molecule has 1 heterocycles. The highest BCUT2D eigenvalue weighted by molar-refractivity contribution is 6.62. The Morgan fingerprint density at radius 2 is 1.82 bits per heavy atom. The lowest BCUT2D eigenvalue weighted by Gasteiger charge is -2.23. The molecule has 1 aliphatic heterocycles. The van der Waals surface area contributed by atoms with Crippen LogP contribution in [0.2, 0.25) is 0 Å². The lowest BCUT2D eigenvalue weighted by molar-refractivity contribution is 0.0589. The minimum absolute atomic E-state index is 0.377. The van der Waals surface area contributed by atoms with Gasteiger partial charge in [-0.3, -0.25) is 4.79 Å². The third-order valence-corrected chi connectivity index (χ3v) is 1.50. The van der Waals surface area contributed by atoms with Gasteiger partial charge in [0.15, 0.2) is 0 Å². The summed E-state index contributed by atoms with van der Waals surface area (Å²) in [6.45, 7) is 6.47. The molecular weight excluding hydrogens is 166 g/mol. The monoisotopic (exact) mass is 179 g/mol. The van der Waals surface area contributed by atoms with Crippen molar-refractivity contribution in [3.63, 3.8) is 0 Å². The second kappa shape index (κ2) is 6.43. The fourth-order valence-corrected chi connectivity index (χ4v) is 0.908.